The maximum atomic E-state index is 10.1. The van der Waals surface area contributed by atoms with E-state index >= 15 is 0 Å². The molecule has 0 rings (SSSR count). The molecule has 0 fully saturated rings. The Hall–Kier alpha value is 0.816. The first-order valence-electron chi connectivity index (χ1n) is 2.37. The summed E-state index contributed by atoms with van der Waals surface area (Å²) >= 11 is 0. The Kier molecular flexibility index (Phi) is 12.2. The van der Waals surface area contributed by atoms with Crippen molar-refractivity contribution in [3.63, 3.8) is 0 Å². The fourth-order valence-electron chi connectivity index (χ4n) is 0.326. The normalized spacial score (nSPS) is 9.67. The van der Waals surface area contributed by atoms with E-state index in [9.17, 15) is 5.11 Å². The molecule has 2 heteroatoms. The van der Waals surface area contributed by atoms with E-state index in [1.54, 1.807) is 12.2 Å². The SMILES string of the molecule is C=C/C=C(\C=C)C[O-].[K+]. The van der Waals surface area contributed by atoms with Gasteiger partial charge < -0.3 is 5.11 Å². The fourth-order valence-corrected chi connectivity index (χ4v) is 0.326. The van der Waals surface area contributed by atoms with Gasteiger partial charge in [0.25, 0.3) is 0 Å². The topological polar surface area (TPSA) is 23.1 Å². The molecule has 0 aromatic rings. The van der Waals surface area contributed by atoms with Gasteiger partial charge in [0.2, 0.25) is 0 Å². The van der Waals surface area contributed by atoms with Crippen LogP contribution in [-0.4, -0.2) is 6.61 Å². The molecule has 44 valence electrons. The van der Waals surface area contributed by atoms with Gasteiger partial charge in [0.15, 0.2) is 0 Å². The van der Waals surface area contributed by atoms with Crippen molar-refractivity contribution in [2.75, 3.05) is 6.61 Å². The Morgan fingerprint density at radius 2 is 2.00 bits per heavy atom. The molecule has 0 aliphatic rings. The van der Waals surface area contributed by atoms with Gasteiger partial charge in [-0.3, -0.25) is 0 Å². The van der Waals surface area contributed by atoms with Crippen LogP contribution in [0.5, 0.6) is 0 Å². The van der Waals surface area contributed by atoms with E-state index in [-0.39, 0.29) is 58.0 Å². The Labute approximate surface area is 98.6 Å². The molecule has 0 spiro atoms. The summed E-state index contributed by atoms with van der Waals surface area (Å²) in [6.45, 7) is 6.65. The van der Waals surface area contributed by atoms with Crippen LogP contribution in [0.3, 0.4) is 0 Å². The minimum Gasteiger partial charge on any atom is -0.851 e. The Balaban J connectivity index is 0. The first-order valence-corrected chi connectivity index (χ1v) is 2.37. The second kappa shape index (κ2) is 8.82. The number of allylic oxidation sites excluding steroid dienone is 2. The summed E-state index contributed by atoms with van der Waals surface area (Å²) in [7, 11) is 0. The predicted octanol–water partition coefficient (Wildman–Crippen LogP) is -2.35. The van der Waals surface area contributed by atoms with Crippen LogP contribution >= 0.6 is 0 Å². The van der Waals surface area contributed by atoms with Crippen molar-refractivity contribution in [3.05, 3.63) is 37.0 Å². The van der Waals surface area contributed by atoms with Crippen LogP contribution < -0.4 is 56.5 Å². The number of hydrogen-bond donors (Lipinski definition) is 0. The molecule has 0 aromatic carbocycles. The molecule has 0 aliphatic heterocycles. The van der Waals surface area contributed by atoms with E-state index in [0.717, 1.165) is 0 Å². The van der Waals surface area contributed by atoms with Gasteiger partial charge in [0.05, 0.1) is 0 Å². The van der Waals surface area contributed by atoms with Gasteiger partial charge >= 0.3 is 51.4 Å². The molecular weight excluding hydrogens is 139 g/mol. The molecule has 9 heavy (non-hydrogen) atoms. The maximum Gasteiger partial charge on any atom is 1.00 e. The molecule has 0 unspecified atom stereocenters. The standard InChI is InChI=1S/C7H9O.K/c1-3-5-7(4-2)6-8;/h3-5H,1-2,6H2;/q-1;+1/b7-5+;. The van der Waals surface area contributed by atoms with E-state index in [1.807, 2.05) is 0 Å². The van der Waals surface area contributed by atoms with Crippen molar-refractivity contribution in [2.24, 2.45) is 0 Å². The zero-order valence-electron chi connectivity index (χ0n) is 5.76. The van der Waals surface area contributed by atoms with Crippen molar-refractivity contribution >= 4 is 0 Å². The molecule has 0 atom stereocenters. The third-order valence-electron chi connectivity index (χ3n) is 0.761. The van der Waals surface area contributed by atoms with E-state index in [0.29, 0.717) is 5.57 Å². The summed E-state index contributed by atoms with van der Waals surface area (Å²) in [6, 6.07) is 0. The van der Waals surface area contributed by atoms with E-state index in [4.69, 9.17) is 0 Å². The molecule has 0 amide bonds. The summed E-state index contributed by atoms with van der Waals surface area (Å²) in [5.41, 5.74) is 0.681. The quantitative estimate of drug-likeness (QED) is 0.325. The van der Waals surface area contributed by atoms with E-state index in [2.05, 4.69) is 13.2 Å². The van der Waals surface area contributed by atoms with Gasteiger partial charge in [-0.1, -0.05) is 37.0 Å². The third kappa shape index (κ3) is 6.70. The van der Waals surface area contributed by atoms with Crippen molar-refractivity contribution < 1.29 is 56.5 Å². The largest absolute Gasteiger partial charge is 1.00 e. The molecular formula is C7H9KO. The zero-order valence-corrected chi connectivity index (χ0v) is 8.88. The zero-order chi connectivity index (χ0) is 6.41. The maximum absolute atomic E-state index is 10.1. The van der Waals surface area contributed by atoms with Crippen LogP contribution in [0.25, 0.3) is 0 Å². The number of rotatable bonds is 3. The van der Waals surface area contributed by atoms with Crippen LogP contribution in [0.4, 0.5) is 0 Å². The Morgan fingerprint density at radius 1 is 1.44 bits per heavy atom. The summed E-state index contributed by atoms with van der Waals surface area (Å²) < 4.78 is 0. The van der Waals surface area contributed by atoms with Gasteiger partial charge in [-0.25, -0.2) is 0 Å². The molecule has 0 saturated heterocycles. The molecule has 0 heterocycles. The van der Waals surface area contributed by atoms with Crippen molar-refractivity contribution in [1.82, 2.24) is 0 Å². The van der Waals surface area contributed by atoms with E-state index in [1.165, 1.54) is 6.08 Å². The van der Waals surface area contributed by atoms with E-state index < -0.39 is 0 Å². The second-order valence-electron chi connectivity index (χ2n) is 1.33. The predicted molar refractivity (Wildman–Crippen MR) is 33.3 cm³/mol. The van der Waals surface area contributed by atoms with Crippen LogP contribution in [0.1, 0.15) is 0 Å². The fraction of sp³-hybridized carbons (Fsp3) is 0.143. The van der Waals surface area contributed by atoms with Crippen molar-refractivity contribution in [1.29, 1.82) is 0 Å². The van der Waals surface area contributed by atoms with Crippen molar-refractivity contribution in [3.8, 4) is 0 Å². The smallest absolute Gasteiger partial charge is 0.851 e. The van der Waals surface area contributed by atoms with Crippen LogP contribution in [0, 0.1) is 0 Å². The summed E-state index contributed by atoms with van der Waals surface area (Å²) in [5.74, 6) is 0. The van der Waals surface area contributed by atoms with Gasteiger partial charge in [-0.2, -0.15) is 0 Å². The summed E-state index contributed by atoms with van der Waals surface area (Å²) in [6.07, 6.45) is 4.77. The average Bonchev–Trinajstić information content (AvgIpc) is 1.83. The summed E-state index contributed by atoms with van der Waals surface area (Å²) in [5, 5.41) is 10.1. The molecule has 0 aromatic heterocycles. The first kappa shape index (κ1) is 12.5. The Morgan fingerprint density at radius 3 is 2.11 bits per heavy atom. The monoisotopic (exact) mass is 148 g/mol. The van der Waals surface area contributed by atoms with Gasteiger partial charge in [0.1, 0.15) is 0 Å². The summed E-state index contributed by atoms with van der Waals surface area (Å²) in [4.78, 5) is 0. The van der Waals surface area contributed by atoms with Crippen LogP contribution in [0.2, 0.25) is 0 Å². The first-order chi connectivity index (χ1) is 3.85. The number of hydrogen-bond acceptors (Lipinski definition) is 1. The average molecular weight is 148 g/mol. The molecule has 0 bridgehead atoms. The molecule has 0 aliphatic carbocycles. The van der Waals surface area contributed by atoms with Gasteiger partial charge in [0, 0.05) is 0 Å². The molecule has 1 nitrogen and oxygen atoms in total. The van der Waals surface area contributed by atoms with Crippen LogP contribution in [-0.2, 0) is 0 Å². The molecule has 0 N–H and O–H groups in total. The third-order valence-corrected chi connectivity index (χ3v) is 0.761. The molecule has 0 radical (unpaired) electrons. The van der Waals surface area contributed by atoms with Gasteiger partial charge in [-0.15, -0.1) is 6.61 Å². The Bertz CT molecular complexity index is 116. The molecule has 0 saturated carbocycles. The minimum atomic E-state index is -0.213. The minimum absolute atomic E-state index is 0. The van der Waals surface area contributed by atoms with Crippen LogP contribution in [0.15, 0.2) is 37.0 Å². The second-order valence-corrected chi connectivity index (χ2v) is 1.33. The van der Waals surface area contributed by atoms with Gasteiger partial charge in [-0.05, 0) is 0 Å². The van der Waals surface area contributed by atoms with Crippen molar-refractivity contribution in [2.45, 2.75) is 0 Å².